The molecular formula is C15H21ClN2O. The quantitative estimate of drug-likeness (QED) is 0.895. The van der Waals surface area contributed by atoms with Crippen LogP contribution in [0.4, 0.5) is 0 Å². The summed E-state index contributed by atoms with van der Waals surface area (Å²) in [7, 11) is 0. The van der Waals surface area contributed by atoms with Gasteiger partial charge in [-0.05, 0) is 30.5 Å². The van der Waals surface area contributed by atoms with Crippen molar-refractivity contribution in [2.24, 2.45) is 0 Å². The lowest BCUT2D eigenvalue weighted by molar-refractivity contribution is 0.0380. The lowest BCUT2D eigenvalue weighted by Crippen LogP contribution is -2.42. The molecule has 1 aromatic carbocycles. The number of nitrogens with one attached hydrogen (secondary N) is 1. The normalized spacial score (nSPS) is 22.4. The fourth-order valence-corrected chi connectivity index (χ4v) is 2.95. The minimum Gasteiger partial charge on any atom is -0.379 e. The lowest BCUT2D eigenvalue weighted by atomic mass is 10.1. The van der Waals surface area contributed by atoms with Gasteiger partial charge in [0.2, 0.25) is 0 Å². The molecule has 3 rings (SSSR count). The molecule has 1 saturated carbocycles. The molecule has 0 bridgehead atoms. The second-order valence-corrected chi connectivity index (χ2v) is 5.91. The van der Waals surface area contributed by atoms with Gasteiger partial charge >= 0.3 is 0 Å². The summed E-state index contributed by atoms with van der Waals surface area (Å²) >= 11 is 6.08. The Morgan fingerprint density at radius 3 is 2.74 bits per heavy atom. The molecule has 104 valence electrons. The first-order valence-corrected chi connectivity index (χ1v) is 7.48. The van der Waals surface area contributed by atoms with Gasteiger partial charge in [0.05, 0.1) is 13.2 Å². The zero-order chi connectivity index (χ0) is 13.1. The standard InChI is InChI=1S/C15H21ClN2O/c16-14-3-1-2-13(12-14)15(4-5-15)17-6-7-18-8-10-19-11-9-18/h1-3,12,17H,4-11H2. The van der Waals surface area contributed by atoms with Crippen LogP contribution in [-0.4, -0.2) is 44.3 Å². The first-order chi connectivity index (χ1) is 9.28. The highest BCUT2D eigenvalue weighted by Crippen LogP contribution is 2.45. The van der Waals surface area contributed by atoms with Gasteiger partial charge in [-0.25, -0.2) is 0 Å². The van der Waals surface area contributed by atoms with Gasteiger partial charge in [0.25, 0.3) is 0 Å². The summed E-state index contributed by atoms with van der Waals surface area (Å²) < 4.78 is 5.37. The Balaban J connectivity index is 1.51. The molecule has 0 unspecified atom stereocenters. The third-order valence-electron chi connectivity index (χ3n) is 4.12. The van der Waals surface area contributed by atoms with Crippen LogP contribution < -0.4 is 5.32 Å². The summed E-state index contributed by atoms with van der Waals surface area (Å²) in [6.07, 6.45) is 2.44. The summed E-state index contributed by atoms with van der Waals surface area (Å²) in [5.41, 5.74) is 1.53. The van der Waals surface area contributed by atoms with Crippen molar-refractivity contribution in [2.75, 3.05) is 39.4 Å². The smallest absolute Gasteiger partial charge is 0.0594 e. The molecule has 0 spiro atoms. The molecule has 19 heavy (non-hydrogen) atoms. The summed E-state index contributed by atoms with van der Waals surface area (Å²) in [6, 6.07) is 8.26. The summed E-state index contributed by atoms with van der Waals surface area (Å²) in [5, 5.41) is 4.55. The molecule has 1 aliphatic heterocycles. The maximum absolute atomic E-state index is 6.08. The molecular weight excluding hydrogens is 260 g/mol. The van der Waals surface area contributed by atoms with E-state index in [1.54, 1.807) is 0 Å². The van der Waals surface area contributed by atoms with Gasteiger partial charge in [-0.15, -0.1) is 0 Å². The molecule has 1 saturated heterocycles. The van der Waals surface area contributed by atoms with Crippen LogP contribution in [0.1, 0.15) is 18.4 Å². The van der Waals surface area contributed by atoms with Crippen molar-refractivity contribution in [3.8, 4) is 0 Å². The minimum absolute atomic E-state index is 0.192. The van der Waals surface area contributed by atoms with Crippen molar-refractivity contribution in [1.82, 2.24) is 10.2 Å². The largest absolute Gasteiger partial charge is 0.379 e. The maximum Gasteiger partial charge on any atom is 0.0594 e. The molecule has 1 N–H and O–H groups in total. The molecule has 1 aromatic rings. The summed E-state index contributed by atoms with van der Waals surface area (Å²) in [4.78, 5) is 2.46. The third-order valence-corrected chi connectivity index (χ3v) is 4.36. The molecule has 0 aromatic heterocycles. The average Bonchev–Trinajstić information content (AvgIpc) is 3.21. The van der Waals surface area contributed by atoms with Gasteiger partial charge < -0.3 is 10.1 Å². The predicted molar refractivity (Wildman–Crippen MR) is 77.6 cm³/mol. The van der Waals surface area contributed by atoms with E-state index in [1.807, 2.05) is 12.1 Å². The van der Waals surface area contributed by atoms with Crippen LogP contribution in [0.15, 0.2) is 24.3 Å². The molecule has 0 radical (unpaired) electrons. The van der Waals surface area contributed by atoms with Crippen LogP contribution in [0.2, 0.25) is 5.02 Å². The molecule has 3 nitrogen and oxygen atoms in total. The van der Waals surface area contributed by atoms with Gasteiger partial charge in [0, 0.05) is 36.7 Å². The molecule has 2 fully saturated rings. The van der Waals surface area contributed by atoms with Crippen LogP contribution in [0, 0.1) is 0 Å². The third kappa shape index (κ3) is 3.29. The number of rotatable bonds is 5. The van der Waals surface area contributed by atoms with E-state index in [-0.39, 0.29) is 5.54 Å². The van der Waals surface area contributed by atoms with Gasteiger partial charge in [-0.1, -0.05) is 23.7 Å². The highest BCUT2D eigenvalue weighted by Gasteiger charge is 2.43. The van der Waals surface area contributed by atoms with Gasteiger partial charge in [-0.3, -0.25) is 4.90 Å². The molecule has 4 heteroatoms. The topological polar surface area (TPSA) is 24.5 Å². The number of benzene rings is 1. The van der Waals surface area contributed by atoms with Gasteiger partial charge in [-0.2, -0.15) is 0 Å². The van der Waals surface area contributed by atoms with Crippen molar-refractivity contribution in [1.29, 1.82) is 0 Å². The van der Waals surface area contributed by atoms with Crippen molar-refractivity contribution in [2.45, 2.75) is 18.4 Å². The van der Waals surface area contributed by atoms with E-state index in [0.29, 0.717) is 0 Å². The second kappa shape index (κ2) is 5.80. The number of ether oxygens (including phenoxy) is 1. The van der Waals surface area contributed by atoms with Crippen molar-refractivity contribution < 1.29 is 4.74 Å². The Morgan fingerprint density at radius 2 is 2.05 bits per heavy atom. The first-order valence-electron chi connectivity index (χ1n) is 7.10. The molecule has 0 amide bonds. The highest BCUT2D eigenvalue weighted by molar-refractivity contribution is 6.30. The zero-order valence-corrected chi connectivity index (χ0v) is 12.0. The van der Waals surface area contributed by atoms with Crippen molar-refractivity contribution in [3.05, 3.63) is 34.9 Å². The lowest BCUT2D eigenvalue weighted by Gasteiger charge is -2.28. The van der Waals surface area contributed by atoms with Crippen LogP contribution in [0.25, 0.3) is 0 Å². The number of nitrogens with zero attached hydrogens (tertiary/aromatic N) is 1. The fraction of sp³-hybridized carbons (Fsp3) is 0.600. The summed E-state index contributed by atoms with van der Waals surface area (Å²) in [6.45, 7) is 6.01. The Bertz CT molecular complexity index is 428. The van der Waals surface area contributed by atoms with Gasteiger partial charge in [0.1, 0.15) is 0 Å². The SMILES string of the molecule is Clc1cccc(C2(NCCN3CCOCC3)CC2)c1. The molecule has 1 heterocycles. The predicted octanol–water partition coefficient (Wildman–Crippen LogP) is 2.25. The Morgan fingerprint density at radius 1 is 1.26 bits per heavy atom. The summed E-state index contributed by atoms with van der Waals surface area (Å²) in [5.74, 6) is 0. The number of hydrogen-bond donors (Lipinski definition) is 1. The monoisotopic (exact) mass is 280 g/mol. The van der Waals surface area contributed by atoms with E-state index >= 15 is 0 Å². The van der Waals surface area contributed by atoms with E-state index in [0.717, 1.165) is 44.4 Å². The Labute approximate surface area is 119 Å². The Hall–Kier alpha value is -0.610. The van der Waals surface area contributed by atoms with Gasteiger partial charge in [0.15, 0.2) is 0 Å². The van der Waals surface area contributed by atoms with Crippen LogP contribution in [0.5, 0.6) is 0 Å². The van der Waals surface area contributed by atoms with Crippen molar-refractivity contribution >= 4 is 11.6 Å². The first kappa shape index (κ1) is 13.4. The number of morpholine rings is 1. The van der Waals surface area contributed by atoms with E-state index in [2.05, 4.69) is 22.3 Å². The van der Waals surface area contributed by atoms with E-state index < -0.39 is 0 Å². The molecule has 2 aliphatic rings. The van der Waals surface area contributed by atoms with Crippen LogP contribution >= 0.6 is 11.6 Å². The van der Waals surface area contributed by atoms with Crippen LogP contribution in [0.3, 0.4) is 0 Å². The highest BCUT2D eigenvalue weighted by atomic mass is 35.5. The van der Waals surface area contributed by atoms with E-state index in [1.165, 1.54) is 18.4 Å². The van der Waals surface area contributed by atoms with Crippen LogP contribution in [-0.2, 0) is 10.3 Å². The van der Waals surface area contributed by atoms with Crippen molar-refractivity contribution in [3.63, 3.8) is 0 Å². The average molecular weight is 281 g/mol. The minimum atomic E-state index is 0.192. The molecule has 0 atom stereocenters. The number of halogens is 1. The molecule has 1 aliphatic carbocycles. The second-order valence-electron chi connectivity index (χ2n) is 5.47. The fourth-order valence-electron chi connectivity index (χ4n) is 2.76. The Kier molecular flexibility index (Phi) is 4.08. The van der Waals surface area contributed by atoms with E-state index in [4.69, 9.17) is 16.3 Å². The number of hydrogen-bond acceptors (Lipinski definition) is 3. The van der Waals surface area contributed by atoms with E-state index in [9.17, 15) is 0 Å². The maximum atomic E-state index is 6.08. The zero-order valence-electron chi connectivity index (χ0n) is 11.2.